The second-order valence-electron chi connectivity index (χ2n) is 12.8. The number of carboxylic acids is 1. The summed E-state index contributed by atoms with van der Waals surface area (Å²) >= 11 is 0. The normalized spacial score (nSPS) is 22.0. The van der Waals surface area contributed by atoms with Gasteiger partial charge >= 0.3 is 5.97 Å². The number of fused-ring (bicyclic) bond motifs is 2. The van der Waals surface area contributed by atoms with Gasteiger partial charge in [0.2, 0.25) is 5.69 Å². The Balaban J connectivity index is 1.67. The fourth-order valence-corrected chi connectivity index (χ4v) is 8.50. The van der Waals surface area contributed by atoms with Gasteiger partial charge in [-0.2, -0.15) is 4.58 Å². The van der Waals surface area contributed by atoms with Gasteiger partial charge in [0.05, 0.1) is 5.41 Å². The zero-order chi connectivity index (χ0) is 35.5. The molecule has 48 heavy (non-hydrogen) atoms. The maximum atomic E-state index is 12.7. The van der Waals surface area contributed by atoms with Crippen LogP contribution in [0.1, 0.15) is 77.8 Å². The molecule has 260 valence electrons. The number of benzene rings is 2. The van der Waals surface area contributed by atoms with E-state index in [4.69, 9.17) is 14.2 Å². The molecule has 0 saturated carbocycles. The lowest BCUT2D eigenvalue weighted by Gasteiger charge is -2.30. The van der Waals surface area contributed by atoms with E-state index >= 15 is 0 Å². The third kappa shape index (κ3) is 7.25. The average molecular weight is 698 g/mol. The standard InChI is InChI=1S/C36H48N2O8P2/c1-8-37-30-21-19-26(47(41,42)45-6)24-28(30)35(3,4)32(37)16-12-10-13-17-33-36(5,23-15-11-14-18-34(39)40)29-25-27(48(43,44)46-7)20-22-31(29)38(33)9-2/h10,12-13,16-17,19-22,24-25H,8-9,11,14-15,18,23H2,1-7H3,(H2-,39,40,41,42,43,44)/p-1. The summed E-state index contributed by atoms with van der Waals surface area (Å²) in [4.78, 5) is 38.4. The van der Waals surface area contributed by atoms with Crippen LogP contribution in [0.4, 0.5) is 11.4 Å². The summed E-state index contributed by atoms with van der Waals surface area (Å²) < 4.78 is 36.9. The van der Waals surface area contributed by atoms with Gasteiger partial charge in [-0.3, -0.25) is 4.79 Å². The third-order valence-corrected chi connectivity index (χ3v) is 12.4. The van der Waals surface area contributed by atoms with Crippen molar-refractivity contribution in [3.05, 3.63) is 83.6 Å². The molecule has 12 heteroatoms. The molecule has 1 N–H and O–H groups in total. The van der Waals surface area contributed by atoms with Gasteiger partial charge in [0.15, 0.2) is 20.9 Å². The van der Waals surface area contributed by atoms with Crippen molar-refractivity contribution in [3.63, 3.8) is 0 Å². The Labute approximate surface area is 284 Å². The van der Waals surface area contributed by atoms with Gasteiger partial charge in [0.25, 0.3) is 0 Å². The van der Waals surface area contributed by atoms with Crippen LogP contribution in [0.3, 0.4) is 0 Å². The van der Waals surface area contributed by atoms with E-state index in [9.17, 15) is 23.7 Å². The van der Waals surface area contributed by atoms with Crippen LogP contribution in [0.15, 0.2) is 72.5 Å². The quantitative estimate of drug-likeness (QED) is 0.110. The predicted molar refractivity (Wildman–Crippen MR) is 187 cm³/mol. The highest BCUT2D eigenvalue weighted by molar-refractivity contribution is 7.60. The largest absolute Gasteiger partial charge is 0.775 e. The topological polar surface area (TPSA) is 142 Å². The Hall–Kier alpha value is -3.10. The van der Waals surface area contributed by atoms with Crippen LogP contribution in [0.2, 0.25) is 0 Å². The van der Waals surface area contributed by atoms with Crippen LogP contribution in [0, 0.1) is 0 Å². The molecule has 0 spiro atoms. The van der Waals surface area contributed by atoms with E-state index in [-0.39, 0.29) is 17.0 Å². The SMILES string of the molecule is CCN1/C(=C/C=C/C=C/C2=[N+](CC)c3ccc(P(=O)([O-])OC)cc3C2(C)C)C(C)(CCCCCC(=O)O)c2cc(P(=O)([O-])OC)ccc21. The van der Waals surface area contributed by atoms with Gasteiger partial charge in [-0.15, -0.1) is 0 Å². The van der Waals surface area contributed by atoms with Crippen molar-refractivity contribution in [2.24, 2.45) is 0 Å². The summed E-state index contributed by atoms with van der Waals surface area (Å²) in [7, 11) is -6.03. The van der Waals surface area contributed by atoms with Crippen LogP contribution in [0.5, 0.6) is 0 Å². The second-order valence-corrected chi connectivity index (χ2v) is 16.6. The zero-order valence-electron chi connectivity index (χ0n) is 28.9. The molecular weight excluding hydrogens is 650 g/mol. The van der Waals surface area contributed by atoms with Gasteiger partial charge in [-0.25, -0.2) is 0 Å². The van der Waals surface area contributed by atoms with Crippen molar-refractivity contribution < 1.29 is 42.4 Å². The Bertz CT molecular complexity index is 1780. The number of unbranched alkanes of at least 4 members (excludes halogenated alkanes) is 2. The number of likely N-dealkylation sites (N-methyl/N-ethyl adjacent to an activating group) is 1. The van der Waals surface area contributed by atoms with Crippen molar-refractivity contribution in [2.75, 3.05) is 32.2 Å². The number of nitrogens with zero attached hydrogens (tertiary/aromatic N) is 2. The molecule has 0 saturated heterocycles. The summed E-state index contributed by atoms with van der Waals surface area (Å²) in [6.07, 6.45) is 13.0. The summed E-state index contributed by atoms with van der Waals surface area (Å²) in [6.45, 7) is 11.8. The van der Waals surface area contributed by atoms with Gasteiger partial charge in [-0.05, 0) is 89.4 Å². The number of carbonyl (C=O) groups is 1. The van der Waals surface area contributed by atoms with Gasteiger partial charge in [0.1, 0.15) is 6.54 Å². The molecule has 3 atom stereocenters. The molecule has 10 nitrogen and oxygen atoms in total. The van der Waals surface area contributed by atoms with E-state index < -0.39 is 32.0 Å². The van der Waals surface area contributed by atoms with Crippen molar-refractivity contribution in [1.29, 1.82) is 0 Å². The van der Waals surface area contributed by atoms with Crippen molar-refractivity contribution >= 4 is 48.9 Å². The van der Waals surface area contributed by atoms with Gasteiger partial charge in [-0.1, -0.05) is 31.1 Å². The highest BCUT2D eigenvalue weighted by Gasteiger charge is 2.45. The predicted octanol–water partition coefficient (Wildman–Crippen LogP) is 5.56. The smallest absolute Gasteiger partial charge is 0.303 e. The minimum absolute atomic E-state index is 0.119. The molecule has 2 heterocycles. The molecular formula is C36H47N2O8P2-. The molecule has 2 aliphatic rings. The van der Waals surface area contributed by atoms with Crippen LogP contribution in [-0.2, 0) is 33.8 Å². The molecule has 0 aliphatic carbocycles. The first-order valence-electron chi connectivity index (χ1n) is 16.3. The number of allylic oxidation sites excluding steroid dienone is 6. The lowest BCUT2D eigenvalue weighted by molar-refractivity contribution is -0.433. The number of hydrogen-bond donors (Lipinski definition) is 1. The first-order chi connectivity index (χ1) is 22.6. The molecule has 2 aromatic carbocycles. The maximum absolute atomic E-state index is 12.7. The lowest BCUT2D eigenvalue weighted by Crippen LogP contribution is -2.28. The van der Waals surface area contributed by atoms with E-state index in [2.05, 4.69) is 56.2 Å². The molecule has 4 rings (SSSR count). The second kappa shape index (κ2) is 14.8. The first-order valence-corrected chi connectivity index (χ1v) is 19.4. The van der Waals surface area contributed by atoms with Crippen molar-refractivity contribution in [3.8, 4) is 0 Å². The summed E-state index contributed by atoms with van der Waals surface area (Å²) in [5.41, 5.74) is 4.81. The monoisotopic (exact) mass is 697 g/mol. The highest BCUT2D eigenvalue weighted by Crippen LogP contribution is 2.51. The number of hydrogen-bond acceptors (Lipinski definition) is 8. The van der Waals surface area contributed by atoms with E-state index in [0.29, 0.717) is 25.9 Å². The number of aliphatic carboxylic acids is 1. The minimum atomic E-state index is -4.22. The Kier molecular flexibility index (Phi) is 11.6. The number of anilines is 1. The fourth-order valence-electron chi connectivity index (χ4n) is 6.99. The van der Waals surface area contributed by atoms with Crippen LogP contribution in [0.25, 0.3) is 0 Å². The number of rotatable bonds is 15. The molecule has 0 bridgehead atoms. The fraction of sp³-hybridized carbons (Fsp3) is 0.444. The molecule has 0 fully saturated rings. The minimum Gasteiger partial charge on any atom is -0.775 e. The van der Waals surface area contributed by atoms with Crippen molar-refractivity contribution in [1.82, 2.24) is 0 Å². The molecule has 0 radical (unpaired) electrons. The number of carboxylic acid groups (broad SMARTS) is 1. The lowest BCUT2D eigenvalue weighted by atomic mass is 9.77. The van der Waals surface area contributed by atoms with E-state index in [0.717, 1.165) is 53.9 Å². The summed E-state index contributed by atoms with van der Waals surface area (Å²) in [5.74, 6) is -0.812. The molecule has 3 unspecified atom stereocenters. The Morgan fingerprint density at radius 3 is 2.12 bits per heavy atom. The van der Waals surface area contributed by atoms with E-state index in [1.54, 1.807) is 24.3 Å². The molecule has 2 aliphatic heterocycles. The van der Waals surface area contributed by atoms with Gasteiger partial charge in [0, 0.05) is 72.3 Å². The Morgan fingerprint density at radius 1 is 0.917 bits per heavy atom. The average Bonchev–Trinajstić information content (AvgIpc) is 3.42. The van der Waals surface area contributed by atoms with E-state index in [1.807, 2.05) is 30.4 Å². The zero-order valence-corrected chi connectivity index (χ0v) is 30.7. The van der Waals surface area contributed by atoms with Crippen LogP contribution in [-0.4, -0.2) is 48.7 Å². The summed E-state index contributed by atoms with van der Waals surface area (Å²) in [6, 6.07) is 10.3. The van der Waals surface area contributed by atoms with Crippen molar-refractivity contribution in [2.45, 2.75) is 77.6 Å². The maximum Gasteiger partial charge on any atom is 0.303 e. The highest BCUT2D eigenvalue weighted by atomic mass is 31.2. The van der Waals surface area contributed by atoms with E-state index in [1.165, 1.54) is 7.11 Å². The van der Waals surface area contributed by atoms with Crippen LogP contribution < -0.4 is 25.3 Å². The first kappa shape index (κ1) is 37.7. The summed E-state index contributed by atoms with van der Waals surface area (Å²) in [5, 5.41) is 9.36. The Morgan fingerprint density at radius 2 is 1.54 bits per heavy atom. The molecule has 2 aromatic rings. The molecule has 0 aromatic heterocycles. The third-order valence-electron chi connectivity index (χ3n) is 9.64. The van der Waals surface area contributed by atoms with Crippen LogP contribution >= 0.6 is 15.2 Å². The molecule has 0 amide bonds. The van der Waals surface area contributed by atoms with Gasteiger partial charge < -0.3 is 38.0 Å².